The third-order valence-corrected chi connectivity index (χ3v) is 13.2. The summed E-state index contributed by atoms with van der Waals surface area (Å²) < 4.78 is 30.2. The highest BCUT2D eigenvalue weighted by molar-refractivity contribution is 7.52. The molecule has 12 heteroatoms. The van der Waals surface area contributed by atoms with Crippen molar-refractivity contribution in [3.05, 3.63) is 191 Å². The second kappa shape index (κ2) is 15.0. The van der Waals surface area contributed by atoms with Gasteiger partial charge in [0.05, 0.1) is 22.5 Å². The molecule has 0 spiro atoms. The number of amides is 2. The minimum absolute atomic E-state index is 0.267. The molecule has 2 aliphatic rings. The maximum absolute atomic E-state index is 14.3. The third kappa shape index (κ3) is 6.45. The van der Waals surface area contributed by atoms with Crippen LogP contribution in [0.5, 0.6) is 23.0 Å². The topological polar surface area (TPSA) is 77.5 Å². The zero-order valence-electron chi connectivity index (χ0n) is 30.2. The van der Waals surface area contributed by atoms with Crippen molar-refractivity contribution in [1.29, 1.82) is 0 Å². The Morgan fingerprint density at radius 1 is 0.431 bits per heavy atom. The van der Waals surface area contributed by atoms with E-state index in [-0.39, 0.29) is 11.8 Å². The van der Waals surface area contributed by atoms with Gasteiger partial charge in [0.2, 0.25) is 0 Å². The largest absolute Gasteiger partial charge is 0.424 e. The van der Waals surface area contributed by atoms with Gasteiger partial charge in [-0.25, -0.2) is 9.34 Å². The summed E-state index contributed by atoms with van der Waals surface area (Å²) in [5, 5.41) is 4.69. The molecule has 10 rings (SSSR count). The normalized spacial score (nSPS) is 16.0. The number of carbonyl (C=O) groups excluding carboxylic acids is 2. The highest BCUT2D eigenvalue weighted by Gasteiger charge is 2.41. The molecular weight excluding hydrogens is 809 g/mol. The van der Waals surface area contributed by atoms with Crippen molar-refractivity contribution in [1.82, 2.24) is 0 Å². The van der Waals surface area contributed by atoms with Crippen LogP contribution in [-0.4, -0.2) is 11.8 Å². The summed E-state index contributed by atoms with van der Waals surface area (Å²) in [4.78, 5) is 28.6. The van der Waals surface area contributed by atoms with Crippen molar-refractivity contribution >= 4 is 85.0 Å². The van der Waals surface area contributed by atoms with E-state index in [1.807, 2.05) is 84.9 Å². The van der Waals surface area contributed by atoms with Crippen LogP contribution in [0.1, 0.15) is 20.7 Å². The number of benzene rings is 8. The van der Waals surface area contributed by atoms with Crippen LogP contribution in [0.25, 0.3) is 32.7 Å². The van der Waals surface area contributed by atoms with Gasteiger partial charge in [-0.3, -0.25) is 9.59 Å². The first kappa shape index (κ1) is 36.2. The Morgan fingerprint density at radius 3 is 1.24 bits per heavy atom. The van der Waals surface area contributed by atoms with Crippen molar-refractivity contribution in [3.8, 4) is 34.1 Å². The summed E-state index contributed by atoms with van der Waals surface area (Å²) in [5.41, 5.74) is 3.37. The van der Waals surface area contributed by atoms with Crippen molar-refractivity contribution in [3.63, 3.8) is 0 Å². The lowest BCUT2D eigenvalue weighted by molar-refractivity contribution is 0.0986. The number of rotatable bonds is 7. The number of anilines is 2. The fraction of sp³-hybridized carbons (Fsp3) is 0. The Labute approximate surface area is 345 Å². The molecule has 0 radical (unpaired) electrons. The molecule has 2 amide bonds. The van der Waals surface area contributed by atoms with Gasteiger partial charge >= 0.3 is 17.1 Å². The van der Waals surface area contributed by atoms with Gasteiger partial charge in [-0.05, 0) is 106 Å². The van der Waals surface area contributed by atoms with Crippen LogP contribution in [-0.2, 0) is 0 Å². The van der Waals surface area contributed by atoms with Gasteiger partial charge in [-0.2, -0.15) is 0 Å². The quantitative estimate of drug-likeness (QED) is 0.149. The molecular formula is C46H28Cl2N2O6P2. The number of carbonyl (C=O) groups is 2. The molecule has 8 nitrogen and oxygen atoms in total. The number of hydrogen-bond acceptors (Lipinski definition) is 6. The monoisotopic (exact) mass is 836 g/mol. The van der Waals surface area contributed by atoms with Gasteiger partial charge in [-0.1, -0.05) is 108 Å². The Bertz CT molecular complexity index is 2720. The maximum Gasteiger partial charge on any atom is 0.424 e. The molecule has 0 fully saturated rings. The second-order valence-corrected chi connectivity index (χ2v) is 16.7. The van der Waals surface area contributed by atoms with Crippen molar-refractivity contribution in [2.75, 3.05) is 9.34 Å². The van der Waals surface area contributed by atoms with Crippen molar-refractivity contribution < 1.29 is 27.7 Å². The van der Waals surface area contributed by atoms with E-state index in [1.54, 1.807) is 94.3 Å². The van der Waals surface area contributed by atoms with E-state index in [2.05, 4.69) is 0 Å². The predicted molar refractivity (Wildman–Crippen MR) is 233 cm³/mol. The number of halogens is 2. The lowest BCUT2D eigenvalue weighted by Crippen LogP contribution is -2.33. The molecule has 0 saturated carbocycles. The average molecular weight is 838 g/mol. The van der Waals surface area contributed by atoms with Gasteiger partial charge in [-0.15, -0.1) is 0 Å². The van der Waals surface area contributed by atoms with Gasteiger partial charge in [0, 0.05) is 21.2 Å². The molecule has 0 bridgehead atoms. The Morgan fingerprint density at radius 2 is 0.810 bits per heavy atom. The Balaban J connectivity index is 1.16. The molecule has 282 valence electrons. The Kier molecular flexibility index (Phi) is 9.36. The molecule has 58 heavy (non-hydrogen) atoms. The number of nitrogens with zero attached hydrogens (tertiary/aromatic N) is 2. The summed E-state index contributed by atoms with van der Waals surface area (Å²) in [7, 11) is -4.23. The fourth-order valence-corrected chi connectivity index (χ4v) is 10.2. The fourth-order valence-electron chi connectivity index (χ4n) is 7.12. The van der Waals surface area contributed by atoms with Crippen LogP contribution in [0.15, 0.2) is 170 Å². The van der Waals surface area contributed by atoms with E-state index < -0.39 is 17.1 Å². The van der Waals surface area contributed by atoms with Crippen LogP contribution in [0.3, 0.4) is 0 Å². The van der Waals surface area contributed by atoms with E-state index >= 15 is 0 Å². The zero-order valence-corrected chi connectivity index (χ0v) is 33.5. The molecule has 2 heterocycles. The van der Waals surface area contributed by atoms with Crippen LogP contribution in [0.2, 0.25) is 10.0 Å². The van der Waals surface area contributed by atoms with Crippen LogP contribution in [0.4, 0.5) is 11.4 Å². The summed E-state index contributed by atoms with van der Waals surface area (Å²) in [5.74, 6) is 1.21. The first-order valence-corrected chi connectivity index (χ1v) is 21.2. The average Bonchev–Trinajstić information content (AvgIpc) is 3.25. The molecule has 0 aliphatic carbocycles. The highest BCUT2D eigenvalue weighted by atomic mass is 35.5. The molecule has 8 aromatic carbocycles. The van der Waals surface area contributed by atoms with E-state index in [1.165, 1.54) is 0 Å². The Hall–Kier alpha value is -6.14. The minimum atomic E-state index is -2.11. The van der Waals surface area contributed by atoms with Crippen LogP contribution in [0, 0.1) is 0 Å². The molecule has 2 unspecified atom stereocenters. The summed E-state index contributed by atoms with van der Waals surface area (Å²) >= 11 is 12.6. The molecule has 2 aliphatic heterocycles. The van der Waals surface area contributed by atoms with Gasteiger partial charge < -0.3 is 18.1 Å². The van der Waals surface area contributed by atoms with E-state index in [0.29, 0.717) is 66.7 Å². The first-order valence-electron chi connectivity index (χ1n) is 18.2. The number of fused-ring (bicyclic) bond motifs is 4. The summed E-state index contributed by atoms with van der Waals surface area (Å²) in [6.45, 7) is 0. The summed E-state index contributed by atoms with van der Waals surface area (Å²) in [6.07, 6.45) is 0. The molecule has 2 atom stereocenters. The van der Waals surface area contributed by atoms with E-state index in [4.69, 9.17) is 41.3 Å². The summed E-state index contributed by atoms with van der Waals surface area (Å²) in [6, 6.07) is 52.0. The highest BCUT2D eigenvalue weighted by Crippen LogP contribution is 2.58. The molecule has 0 saturated heterocycles. The van der Waals surface area contributed by atoms with Crippen molar-refractivity contribution in [2.24, 2.45) is 0 Å². The van der Waals surface area contributed by atoms with Crippen LogP contribution < -0.4 is 27.4 Å². The number of hydrogen-bond donors (Lipinski definition) is 0. The van der Waals surface area contributed by atoms with Gasteiger partial charge in [0.1, 0.15) is 23.0 Å². The lowest BCUT2D eigenvalue weighted by atomic mass is 9.92. The zero-order chi connectivity index (χ0) is 39.3. The maximum atomic E-state index is 14.3. The van der Waals surface area contributed by atoms with Crippen molar-refractivity contribution in [2.45, 2.75) is 0 Å². The minimum Gasteiger partial charge on any atom is -0.422 e. The molecule has 8 aromatic rings. The van der Waals surface area contributed by atoms with Gasteiger partial charge in [0.25, 0.3) is 11.8 Å². The molecule has 0 aromatic heterocycles. The van der Waals surface area contributed by atoms with E-state index in [9.17, 15) is 9.59 Å². The first-order chi connectivity index (χ1) is 28.4. The van der Waals surface area contributed by atoms with Gasteiger partial charge in [0.15, 0.2) is 0 Å². The SMILES string of the molecule is O=C1c2ccccc2OP(Oc2ccc3ccccc3c2-c2c(OP3Oc4ccccc4C(=O)N3c3ccc(Cl)cc3)ccc3ccccc23)N1c1ccc(Cl)cc1. The smallest absolute Gasteiger partial charge is 0.422 e. The predicted octanol–water partition coefficient (Wildman–Crippen LogP) is 13.7. The second-order valence-electron chi connectivity index (χ2n) is 13.3. The molecule has 0 N–H and O–H groups in total. The standard InChI is InChI=1S/C46H28Cl2N2O6P2/c47-31-19-23-33(24-20-31)49-45(51)37-13-5-7-15-39(37)53-57(49)55-41-27-17-29-9-1-3-11-35(29)43(41)44-36-12-4-2-10-30(36)18-28-42(44)56-58-50(34-25-21-32(48)22-26-34)46(52)38-14-6-8-16-40(38)54-58/h1-28H. The lowest BCUT2D eigenvalue weighted by Gasteiger charge is -2.35. The van der Waals surface area contributed by atoms with E-state index in [0.717, 1.165) is 21.5 Å². The number of para-hydroxylation sites is 2. The third-order valence-electron chi connectivity index (χ3n) is 9.83. The van der Waals surface area contributed by atoms with Crippen LogP contribution >= 0.6 is 40.3 Å².